The molecule has 0 fully saturated rings. The van der Waals surface area contributed by atoms with Crippen molar-refractivity contribution in [1.82, 2.24) is 15.1 Å². The molecule has 110 valence electrons. The third-order valence-electron chi connectivity index (χ3n) is 3.51. The standard InChI is InChI=1S/C15H29N3S/c1-5-15(6-2)18-10-8-14(17-18)12-16-13(4)9-11-19-7-3/h8,10,13,15-16H,5-7,9,11-12H2,1-4H3. The Kier molecular flexibility index (Phi) is 8.22. The lowest BCUT2D eigenvalue weighted by atomic mass is 10.2. The molecule has 0 saturated carbocycles. The molecule has 0 spiro atoms. The Bertz CT molecular complexity index is 334. The third-order valence-corrected chi connectivity index (χ3v) is 4.44. The Morgan fingerprint density at radius 1 is 1.32 bits per heavy atom. The molecule has 0 aliphatic carbocycles. The highest BCUT2D eigenvalue weighted by atomic mass is 32.2. The summed E-state index contributed by atoms with van der Waals surface area (Å²) in [5.74, 6) is 2.46. The number of nitrogens with zero attached hydrogens (tertiary/aromatic N) is 2. The largest absolute Gasteiger partial charge is 0.309 e. The smallest absolute Gasteiger partial charge is 0.0762 e. The normalized spacial score (nSPS) is 13.1. The summed E-state index contributed by atoms with van der Waals surface area (Å²) in [6.45, 7) is 9.80. The van der Waals surface area contributed by atoms with Gasteiger partial charge in [-0.3, -0.25) is 4.68 Å². The van der Waals surface area contributed by atoms with Gasteiger partial charge in [-0.15, -0.1) is 0 Å². The van der Waals surface area contributed by atoms with Crippen molar-refractivity contribution in [3.8, 4) is 0 Å². The van der Waals surface area contributed by atoms with Crippen LogP contribution in [0.25, 0.3) is 0 Å². The molecule has 0 aliphatic rings. The van der Waals surface area contributed by atoms with Crippen LogP contribution in [0.2, 0.25) is 0 Å². The lowest BCUT2D eigenvalue weighted by Gasteiger charge is -2.13. The number of hydrogen-bond donors (Lipinski definition) is 1. The molecule has 0 radical (unpaired) electrons. The molecule has 0 amide bonds. The summed E-state index contributed by atoms with van der Waals surface area (Å²) in [5.41, 5.74) is 1.15. The highest BCUT2D eigenvalue weighted by Gasteiger charge is 2.08. The van der Waals surface area contributed by atoms with Crippen LogP contribution in [-0.2, 0) is 6.54 Å². The minimum Gasteiger partial charge on any atom is -0.309 e. The van der Waals surface area contributed by atoms with Gasteiger partial charge in [0.1, 0.15) is 0 Å². The van der Waals surface area contributed by atoms with Crippen molar-refractivity contribution >= 4 is 11.8 Å². The minimum atomic E-state index is 0.548. The molecule has 1 atom stereocenters. The van der Waals surface area contributed by atoms with Crippen LogP contribution in [-0.4, -0.2) is 27.3 Å². The van der Waals surface area contributed by atoms with E-state index in [1.807, 2.05) is 11.8 Å². The van der Waals surface area contributed by atoms with Crippen LogP contribution in [0.15, 0.2) is 12.3 Å². The molecule has 1 heterocycles. The van der Waals surface area contributed by atoms with Crippen LogP contribution in [0.3, 0.4) is 0 Å². The highest BCUT2D eigenvalue weighted by Crippen LogP contribution is 2.14. The predicted octanol–water partition coefficient (Wildman–Crippen LogP) is 3.87. The number of rotatable bonds is 10. The zero-order valence-electron chi connectivity index (χ0n) is 12.9. The van der Waals surface area contributed by atoms with Gasteiger partial charge in [0.2, 0.25) is 0 Å². The SMILES string of the molecule is CCSCCC(C)NCc1ccn(C(CC)CC)n1. The summed E-state index contributed by atoms with van der Waals surface area (Å²) < 4.78 is 2.12. The second kappa shape index (κ2) is 9.43. The lowest BCUT2D eigenvalue weighted by Crippen LogP contribution is -2.26. The molecule has 1 rings (SSSR count). The van der Waals surface area contributed by atoms with E-state index < -0.39 is 0 Å². The fourth-order valence-corrected chi connectivity index (χ4v) is 2.93. The van der Waals surface area contributed by atoms with Crippen molar-refractivity contribution in [2.45, 2.75) is 65.6 Å². The van der Waals surface area contributed by atoms with Crippen LogP contribution >= 0.6 is 11.8 Å². The van der Waals surface area contributed by atoms with Gasteiger partial charge in [-0.2, -0.15) is 16.9 Å². The van der Waals surface area contributed by atoms with Gasteiger partial charge in [0.05, 0.1) is 11.7 Å². The topological polar surface area (TPSA) is 29.9 Å². The van der Waals surface area contributed by atoms with E-state index in [0.29, 0.717) is 12.1 Å². The van der Waals surface area contributed by atoms with Gasteiger partial charge in [-0.05, 0) is 43.8 Å². The molecular formula is C15H29N3S. The molecule has 0 saturated heterocycles. The van der Waals surface area contributed by atoms with Crippen molar-refractivity contribution in [1.29, 1.82) is 0 Å². The molecular weight excluding hydrogens is 254 g/mol. The van der Waals surface area contributed by atoms with E-state index in [9.17, 15) is 0 Å². The Hall–Kier alpha value is -0.480. The van der Waals surface area contributed by atoms with Gasteiger partial charge in [0.15, 0.2) is 0 Å². The van der Waals surface area contributed by atoms with Gasteiger partial charge in [0, 0.05) is 18.8 Å². The molecule has 1 aromatic rings. The van der Waals surface area contributed by atoms with Crippen LogP contribution in [0.5, 0.6) is 0 Å². The Balaban J connectivity index is 2.33. The summed E-state index contributed by atoms with van der Waals surface area (Å²) >= 11 is 2.01. The average Bonchev–Trinajstić information content (AvgIpc) is 2.87. The van der Waals surface area contributed by atoms with Crippen molar-refractivity contribution < 1.29 is 0 Å². The van der Waals surface area contributed by atoms with Crippen LogP contribution in [0.1, 0.15) is 58.7 Å². The van der Waals surface area contributed by atoms with E-state index in [1.54, 1.807) is 0 Å². The summed E-state index contributed by atoms with van der Waals surface area (Å²) in [7, 11) is 0. The molecule has 4 heteroatoms. The average molecular weight is 283 g/mol. The van der Waals surface area contributed by atoms with Crippen LogP contribution < -0.4 is 5.32 Å². The van der Waals surface area contributed by atoms with Crippen molar-refractivity contribution in [3.63, 3.8) is 0 Å². The zero-order valence-corrected chi connectivity index (χ0v) is 13.7. The van der Waals surface area contributed by atoms with Crippen molar-refractivity contribution in [2.24, 2.45) is 0 Å². The first kappa shape index (κ1) is 16.6. The highest BCUT2D eigenvalue weighted by molar-refractivity contribution is 7.99. The van der Waals surface area contributed by atoms with Crippen LogP contribution in [0.4, 0.5) is 0 Å². The second-order valence-corrected chi connectivity index (χ2v) is 6.42. The zero-order chi connectivity index (χ0) is 14.1. The monoisotopic (exact) mass is 283 g/mol. The Morgan fingerprint density at radius 2 is 2.05 bits per heavy atom. The summed E-state index contributed by atoms with van der Waals surface area (Å²) in [5, 5.41) is 8.23. The lowest BCUT2D eigenvalue weighted by molar-refractivity contribution is 0.422. The van der Waals surface area contributed by atoms with E-state index in [4.69, 9.17) is 0 Å². The molecule has 1 unspecified atom stereocenters. The molecule has 0 aromatic carbocycles. The maximum Gasteiger partial charge on any atom is 0.0762 e. The maximum absolute atomic E-state index is 4.67. The molecule has 0 bridgehead atoms. The van der Waals surface area contributed by atoms with Crippen molar-refractivity contribution in [2.75, 3.05) is 11.5 Å². The second-order valence-electron chi connectivity index (χ2n) is 5.02. The van der Waals surface area contributed by atoms with Crippen LogP contribution in [0, 0.1) is 0 Å². The van der Waals surface area contributed by atoms with Gasteiger partial charge >= 0.3 is 0 Å². The van der Waals surface area contributed by atoms with E-state index in [-0.39, 0.29) is 0 Å². The fourth-order valence-electron chi connectivity index (χ4n) is 2.12. The molecule has 1 aromatic heterocycles. The predicted molar refractivity (Wildman–Crippen MR) is 85.8 cm³/mol. The molecule has 1 N–H and O–H groups in total. The Labute approximate surface area is 122 Å². The third kappa shape index (κ3) is 6.00. The summed E-state index contributed by atoms with van der Waals surface area (Å²) in [6.07, 6.45) is 5.64. The maximum atomic E-state index is 4.67. The van der Waals surface area contributed by atoms with Gasteiger partial charge in [0.25, 0.3) is 0 Å². The van der Waals surface area contributed by atoms with Crippen molar-refractivity contribution in [3.05, 3.63) is 18.0 Å². The van der Waals surface area contributed by atoms with E-state index >= 15 is 0 Å². The summed E-state index contributed by atoms with van der Waals surface area (Å²) in [6, 6.07) is 3.25. The number of aromatic nitrogens is 2. The van der Waals surface area contributed by atoms with Gasteiger partial charge < -0.3 is 5.32 Å². The van der Waals surface area contributed by atoms with E-state index in [2.05, 4.69) is 55.1 Å². The Morgan fingerprint density at radius 3 is 2.68 bits per heavy atom. The van der Waals surface area contributed by atoms with E-state index in [0.717, 1.165) is 25.1 Å². The molecule has 0 aliphatic heterocycles. The molecule has 3 nitrogen and oxygen atoms in total. The van der Waals surface area contributed by atoms with Gasteiger partial charge in [-0.1, -0.05) is 20.8 Å². The first-order valence-electron chi connectivity index (χ1n) is 7.56. The number of nitrogens with one attached hydrogen (secondary N) is 1. The number of hydrogen-bond acceptors (Lipinski definition) is 3. The van der Waals surface area contributed by atoms with E-state index in [1.165, 1.54) is 17.9 Å². The first-order valence-corrected chi connectivity index (χ1v) is 8.71. The summed E-state index contributed by atoms with van der Waals surface area (Å²) in [4.78, 5) is 0. The molecule has 19 heavy (non-hydrogen) atoms. The minimum absolute atomic E-state index is 0.548. The fraction of sp³-hybridized carbons (Fsp3) is 0.800. The van der Waals surface area contributed by atoms with Gasteiger partial charge in [-0.25, -0.2) is 0 Å². The number of thioether (sulfide) groups is 1. The quantitative estimate of drug-likeness (QED) is 0.661. The first-order chi connectivity index (χ1) is 9.21.